The molecule has 3 rings (SSSR count). The highest BCUT2D eigenvalue weighted by atomic mass is 16.4. The Morgan fingerprint density at radius 2 is 1.93 bits per heavy atom. The number of fused-ring (bicyclic) bond motifs is 1. The first-order chi connectivity index (χ1) is 14.1. The van der Waals surface area contributed by atoms with Crippen LogP contribution in [0.4, 0.5) is 9.59 Å². The van der Waals surface area contributed by atoms with Gasteiger partial charge in [0.15, 0.2) is 0 Å². The van der Waals surface area contributed by atoms with E-state index in [4.69, 9.17) is 0 Å². The van der Waals surface area contributed by atoms with Crippen molar-refractivity contribution < 1.29 is 14.7 Å². The number of imidazole rings is 1. The number of hydrogen-bond donors (Lipinski definition) is 5. The molecule has 3 aromatic rings. The van der Waals surface area contributed by atoms with Gasteiger partial charge in [-0.05, 0) is 36.1 Å². The minimum atomic E-state index is -1.10. The molecule has 29 heavy (non-hydrogen) atoms. The van der Waals surface area contributed by atoms with Crippen LogP contribution >= 0.6 is 0 Å². The Kier molecular flexibility index (Phi) is 6.67. The number of rotatable bonds is 8. The van der Waals surface area contributed by atoms with Crippen molar-refractivity contribution in [3.05, 3.63) is 54.5 Å². The highest BCUT2D eigenvalue weighted by molar-refractivity contribution is 5.86. The zero-order valence-electron chi connectivity index (χ0n) is 16.2. The van der Waals surface area contributed by atoms with Crippen molar-refractivity contribution >= 4 is 22.9 Å². The smallest absolute Gasteiger partial charge is 0.405 e. The lowest BCUT2D eigenvalue weighted by molar-refractivity contribution is 0.188. The molecule has 0 saturated heterocycles. The van der Waals surface area contributed by atoms with Crippen LogP contribution in [0.1, 0.15) is 31.1 Å². The van der Waals surface area contributed by atoms with Crippen LogP contribution < -0.4 is 16.0 Å². The Labute approximate surface area is 168 Å². The minimum Gasteiger partial charge on any atom is -0.465 e. The van der Waals surface area contributed by atoms with Crippen molar-refractivity contribution in [1.29, 1.82) is 0 Å². The predicted molar refractivity (Wildman–Crippen MR) is 112 cm³/mol. The summed E-state index contributed by atoms with van der Waals surface area (Å²) in [5, 5.41) is 19.2. The molecule has 0 fully saturated rings. The van der Waals surface area contributed by atoms with Crippen molar-refractivity contribution in [3.63, 3.8) is 0 Å². The van der Waals surface area contributed by atoms with Crippen LogP contribution in [-0.4, -0.2) is 40.8 Å². The number of aromatic amines is 1. The summed E-state index contributed by atoms with van der Waals surface area (Å²) >= 11 is 0. The molecule has 152 valence electrons. The second-order valence-electron chi connectivity index (χ2n) is 6.75. The maximum atomic E-state index is 11.2. The van der Waals surface area contributed by atoms with Gasteiger partial charge < -0.3 is 26.0 Å². The van der Waals surface area contributed by atoms with Crippen molar-refractivity contribution in [2.24, 2.45) is 0 Å². The predicted octanol–water partition coefficient (Wildman–Crippen LogP) is 3.64. The third-order valence-corrected chi connectivity index (χ3v) is 4.72. The third-order valence-electron chi connectivity index (χ3n) is 4.72. The van der Waals surface area contributed by atoms with Gasteiger partial charge >= 0.3 is 12.1 Å². The van der Waals surface area contributed by atoms with E-state index < -0.39 is 12.1 Å². The summed E-state index contributed by atoms with van der Waals surface area (Å²) in [5.41, 5.74) is 1.83. The summed E-state index contributed by atoms with van der Waals surface area (Å²) in [6, 6.07) is 13.6. The molecule has 0 bridgehead atoms. The Hall–Kier alpha value is -3.55. The van der Waals surface area contributed by atoms with Crippen molar-refractivity contribution in [3.8, 4) is 11.3 Å². The first-order valence-electron chi connectivity index (χ1n) is 9.56. The van der Waals surface area contributed by atoms with E-state index in [0.717, 1.165) is 34.9 Å². The average Bonchev–Trinajstić information content (AvgIpc) is 3.22. The van der Waals surface area contributed by atoms with Crippen LogP contribution in [0.3, 0.4) is 0 Å². The molecule has 5 N–H and O–H groups in total. The summed E-state index contributed by atoms with van der Waals surface area (Å²) in [7, 11) is 1.56. The van der Waals surface area contributed by atoms with Gasteiger partial charge in [0.25, 0.3) is 0 Å². The second-order valence-corrected chi connectivity index (χ2v) is 6.75. The van der Waals surface area contributed by atoms with Gasteiger partial charge in [0.1, 0.15) is 5.82 Å². The quantitative estimate of drug-likeness (QED) is 0.374. The van der Waals surface area contributed by atoms with Crippen LogP contribution in [0.15, 0.2) is 48.7 Å². The zero-order chi connectivity index (χ0) is 20.6. The molecule has 1 aromatic heterocycles. The van der Waals surface area contributed by atoms with Crippen LogP contribution in [0.5, 0.6) is 0 Å². The van der Waals surface area contributed by atoms with E-state index in [2.05, 4.69) is 50.2 Å². The van der Waals surface area contributed by atoms with E-state index in [0.29, 0.717) is 18.8 Å². The Bertz CT molecular complexity index is 985. The van der Waals surface area contributed by atoms with Gasteiger partial charge in [-0.2, -0.15) is 0 Å². The Morgan fingerprint density at radius 1 is 1.14 bits per heavy atom. The zero-order valence-corrected chi connectivity index (χ0v) is 16.2. The SMILES string of the molecule is CNC(=O)NCCCC[C@H](NC(=O)O)c1ncc(-c2ccc3ccccc3c2)[nH]1. The van der Waals surface area contributed by atoms with Gasteiger partial charge in [0.2, 0.25) is 0 Å². The molecule has 0 aliphatic carbocycles. The van der Waals surface area contributed by atoms with Gasteiger partial charge in [-0.15, -0.1) is 0 Å². The number of carbonyl (C=O) groups excluding carboxylic acids is 1. The summed E-state index contributed by atoms with van der Waals surface area (Å²) in [6.45, 7) is 0.528. The minimum absolute atomic E-state index is 0.226. The lowest BCUT2D eigenvalue weighted by Crippen LogP contribution is -2.33. The molecule has 3 amide bonds. The fraction of sp³-hybridized carbons (Fsp3) is 0.286. The van der Waals surface area contributed by atoms with Gasteiger partial charge in [0, 0.05) is 19.2 Å². The monoisotopic (exact) mass is 395 g/mol. The largest absolute Gasteiger partial charge is 0.465 e. The fourth-order valence-corrected chi connectivity index (χ4v) is 3.21. The van der Waals surface area contributed by atoms with Crippen LogP contribution in [0.2, 0.25) is 0 Å². The lowest BCUT2D eigenvalue weighted by atomic mass is 10.1. The number of carboxylic acid groups (broad SMARTS) is 1. The second kappa shape index (κ2) is 9.59. The van der Waals surface area contributed by atoms with E-state index in [1.807, 2.05) is 18.2 Å². The maximum absolute atomic E-state index is 11.2. The van der Waals surface area contributed by atoms with E-state index >= 15 is 0 Å². The number of hydrogen-bond acceptors (Lipinski definition) is 3. The highest BCUT2D eigenvalue weighted by Crippen LogP contribution is 2.25. The van der Waals surface area contributed by atoms with Gasteiger partial charge in [0.05, 0.1) is 17.9 Å². The van der Waals surface area contributed by atoms with E-state index in [9.17, 15) is 14.7 Å². The average molecular weight is 395 g/mol. The van der Waals surface area contributed by atoms with Crippen LogP contribution in [0.25, 0.3) is 22.0 Å². The van der Waals surface area contributed by atoms with Gasteiger partial charge in [-0.1, -0.05) is 36.4 Å². The number of amides is 3. The summed E-state index contributed by atoms with van der Waals surface area (Å²) < 4.78 is 0. The molecular weight excluding hydrogens is 370 g/mol. The van der Waals surface area contributed by atoms with Crippen molar-refractivity contribution in [2.75, 3.05) is 13.6 Å². The third kappa shape index (κ3) is 5.47. The number of unbranched alkanes of at least 4 members (excludes halogenated alkanes) is 1. The number of nitrogens with zero attached hydrogens (tertiary/aromatic N) is 1. The molecule has 0 saturated carbocycles. The van der Waals surface area contributed by atoms with Crippen molar-refractivity contribution in [1.82, 2.24) is 25.9 Å². The number of carbonyl (C=O) groups is 2. The Morgan fingerprint density at radius 3 is 2.69 bits per heavy atom. The van der Waals surface area contributed by atoms with Gasteiger partial charge in [-0.3, -0.25) is 0 Å². The molecule has 0 radical (unpaired) electrons. The molecule has 0 aliphatic heterocycles. The van der Waals surface area contributed by atoms with E-state index in [1.165, 1.54) is 0 Å². The summed E-state index contributed by atoms with van der Waals surface area (Å²) in [4.78, 5) is 30.0. The highest BCUT2D eigenvalue weighted by Gasteiger charge is 2.17. The summed E-state index contributed by atoms with van der Waals surface area (Å²) in [6.07, 6.45) is 2.68. The summed E-state index contributed by atoms with van der Waals surface area (Å²) in [5.74, 6) is 0.579. The molecule has 0 unspecified atom stereocenters. The van der Waals surface area contributed by atoms with Gasteiger partial charge in [-0.25, -0.2) is 14.6 Å². The first-order valence-corrected chi connectivity index (χ1v) is 9.56. The van der Waals surface area contributed by atoms with Crippen molar-refractivity contribution in [2.45, 2.75) is 25.3 Å². The molecule has 8 heteroatoms. The maximum Gasteiger partial charge on any atom is 0.405 e. The molecular formula is C21H25N5O3. The number of urea groups is 1. The number of H-pyrrole nitrogens is 1. The Balaban J connectivity index is 1.67. The van der Waals surface area contributed by atoms with E-state index in [-0.39, 0.29) is 6.03 Å². The molecule has 1 atom stereocenters. The van der Waals surface area contributed by atoms with E-state index in [1.54, 1.807) is 13.2 Å². The normalized spacial score (nSPS) is 11.8. The van der Waals surface area contributed by atoms with Crippen LogP contribution in [-0.2, 0) is 0 Å². The number of benzene rings is 2. The van der Waals surface area contributed by atoms with Crippen LogP contribution in [0, 0.1) is 0 Å². The first kappa shape index (κ1) is 20.2. The fourth-order valence-electron chi connectivity index (χ4n) is 3.21. The molecule has 2 aromatic carbocycles. The lowest BCUT2D eigenvalue weighted by Gasteiger charge is -2.14. The number of nitrogens with one attached hydrogen (secondary N) is 4. The molecule has 8 nitrogen and oxygen atoms in total. The molecule has 0 spiro atoms. The topological polar surface area (TPSA) is 119 Å². The number of aromatic nitrogens is 2. The molecule has 0 aliphatic rings. The molecule has 1 heterocycles. The standard InChI is InChI=1S/C21H25N5O3/c1-22-20(27)23-11-5-4-8-17(26-21(28)29)19-24-13-18(25-19)16-10-9-14-6-2-3-7-15(14)12-16/h2-3,6-7,9-10,12-13,17,26H,4-5,8,11H2,1H3,(H,24,25)(H,28,29)(H2,22,23,27)/t17-/m0/s1.